The van der Waals surface area contributed by atoms with Gasteiger partial charge in [-0.25, -0.2) is 0 Å². The van der Waals surface area contributed by atoms with Crippen molar-refractivity contribution in [1.29, 1.82) is 0 Å². The van der Waals surface area contributed by atoms with Gasteiger partial charge in [-0.2, -0.15) is 0 Å². The van der Waals surface area contributed by atoms with Crippen molar-refractivity contribution in [3.63, 3.8) is 0 Å². The Morgan fingerprint density at radius 2 is 2.15 bits per heavy atom. The number of thiophene rings is 1. The molecule has 1 fully saturated rings. The lowest BCUT2D eigenvalue weighted by Crippen LogP contribution is -2.28. The third-order valence-electron chi connectivity index (χ3n) is 3.36. The molecule has 1 aromatic carbocycles. The van der Waals surface area contributed by atoms with Gasteiger partial charge in [0.25, 0.3) is 0 Å². The largest absolute Gasteiger partial charge is 0.353 e. The molecule has 0 radical (unpaired) electrons. The van der Waals surface area contributed by atoms with Crippen molar-refractivity contribution in [3.8, 4) is 0 Å². The predicted molar refractivity (Wildman–Crippen MR) is 84.3 cm³/mol. The Bertz CT molecular complexity index is 621. The number of benzene rings is 1. The summed E-state index contributed by atoms with van der Waals surface area (Å²) in [5.74, 6) is 0.141. The maximum absolute atomic E-state index is 11.5. The van der Waals surface area contributed by atoms with Gasteiger partial charge in [-0.05, 0) is 18.9 Å². The number of carbonyl (C=O) groups excluding carboxylic acids is 1. The fourth-order valence-electron chi connectivity index (χ4n) is 2.11. The lowest BCUT2D eigenvalue weighted by molar-refractivity contribution is -0.121. The van der Waals surface area contributed by atoms with Crippen LogP contribution in [0.4, 0.5) is 0 Å². The van der Waals surface area contributed by atoms with Crippen LogP contribution >= 0.6 is 22.9 Å². The van der Waals surface area contributed by atoms with Crippen molar-refractivity contribution in [2.75, 3.05) is 6.54 Å². The van der Waals surface area contributed by atoms with Gasteiger partial charge < -0.3 is 10.6 Å². The highest BCUT2D eigenvalue weighted by molar-refractivity contribution is 7.19. The van der Waals surface area contributed by atoms with Crippen LogP contribution in [0.3, 0.4) is 0 Å². The maximum Gasteiger partial charge on any atom is 0.221 e. The van der Waals surface area contributed by atoms with E-state index in [2.05, 4.69) is 16.7 Å². The minimum absolute atomic E-state index is 0.141. The Labute approximate surface area is 127 Å². The van der Waals surface area contributed by atoms with E-state index in [-0.39, 0.29) is 5.91 Å². The molecule has 106 valence electrons. The van der Waals surface area contributed by atoms with Crippen LogP contribution in [0.15, 0.2) is 24.3 Å². The van der Waals surface area contributed by atoms with E-state index in [4.69, 9.17) is 11.6 Å². The van der Waals surface area contributed by atoms with Crippen LogP contribution in [0.25, 0.3) is 10.1 Å². The molecule has 0 bridgehead atoms. The van der Waals surface area contributed by atoms with Crippen molar-refractivity contribution < 1.29 is 4.79 Å². The van der Waals surface area contributed by atoms with E-state index < -0.39 is 0 Å². The van der Waals surface area contributed by atoms with Crippen LogP contribution in [0.5, 0.6) is 0 Å². The lowest BCUT2D eigenvalue weighted by atomic mass is 10.2. The Morgan fingerprint density at radius 1 is 1.35 bits per heavy atom. The minimum Gasteiger partial charge on any atom is -0.353 e. The molecule has 1 aliphatic carbocycles. The molecular formula is C15H17ClN2OS. The second kappa shape index (κ2) is 6.12. The quantitative estimate of drug-likeness (QED) is 0.804. The molecule has 0 unspecified atom stereocenters. The number of hydrogen-bond acceptors (Lipinski definition) is 3. The molecule has 2 N–H and O–H groups in total. The molecule has 1 aromatic heterocycles. The van der Waals surface area contributed by atoms with Crippen LogP contribution in [0.2, 0.25) is 5.02 Å². The normalized spacial score (nSPS) is 14.7. The first-order valence-electron chi connectivity index (χ1n) is 6.90. The predicted octanol–water partition coefficient (Wildman–Crippen LogP) is 3.31. The molecule has 20 heavy (non-hydrogen) atoms. The molecule has 3 rings (SSSR count). The van der Waals surface area contributed by atoms with E-state index in [9.17, 15) is 4.79 Å². The fraction of sp³-hybridized carbons (Fsp3) is 0.400. The Morgan fingerprint density at radius 3 is 2.90 bits per heavy atom. The Hall–Kier alpha value is -1.10. The van der Waals surface area contributed by atoms with Gasteiger partial charge in [-0.3, -0.25) is 4.79 Å². The summed E-state index contributed by atoms with van der Waals surface area (Å²) in [6.45, 7) is 1.40. The van der Waals surface area contributed by atoms with Crippen molar-refractivity contribution in [2.45, 2.75) is 31.8 Å². The fourth-order valence-corrected chi connectivity index (χ4v) is 3.58. The molecule has 0 saturated heterocycles. The summed E-state index contributed by atoms with van der Waals surface area (Å²) >= 11 is 8.08. The molecular weight excluding hydrogens is 292 g/mol. The first-order chi connectivity index (χ1) is 9.74. The number of rotatable bonds is 6. The van der Waals surface area contributed by atoms with E-state index in [1.54, 1.807) is 11.3 Å². The van der Waals surface area contributed by atoms with E-state index >= 15 is 0 Å². The highest BCUT2D eigenvalue weighted by Gasteiger charge is 2.22. The van der Waals surface area contributed by atoms with Crippen LogP contribution in [0, 0.1) is 0 Å². The van der Waals surface area contributed by atoms with E-state index in [0.29, 0.717) is 19.0 Å². The highest BCUT2D eigenvalue weighted by Crippen LogP contribution is 2.34. The molecule has 5 heteroatoms. The summed E-state index contributed by atoms with van der Waals surface area (Å²) in [6, 6.07) is 8.59. The number of fused-ring (bicyclic) bond motifs is 1. The smallest absolute Gasteiger partial charge is 0.221 e. The summed E-state index contributed by atoms with van der Waals surface area (Å²) in [7, 11) is 0. The SMILES string of the molecule is O=C(CCNCc1sc2ccccc2c1Cl)NC1CC1. The number of halogens is 1. The minimum atomic E-state index is 0.141. The first kappa shape index (κ1) is 13.9. The number of hydrogen-bond donors (Lipinski definition) is 2. The summed E-state index contributed by atoms with van der Waals surface area (Å²) < 4.78 is 1.21. The number of carbonyl (C=O) groups is 1. The molecule has 0 aliphatic heterocycles. The standard InChI is InChI=1S/C15H17ClN2OS/c16-15-11-3-1-2-4-12(11)20-13(15)9-17-8-7-14(19)18-10-5-6-10/h1-4,10,17H,5-9H2,(H,18,19). The lowest BCUT2D eigenvalue weighted by Gasteiger charge is -2.04. The second-order valence-electron chi connectivity index (χ2n) is 5.10. The van der Waals surface area contributed by atoms with E-state index in [0.717, 1.165) is 34.7 Å². The van der Waals surface area contributed by atoms with Gasteiger partial charge in [0.05, 0.1) is 5.02 Å². The molecule has 1 amide bonds. The zero-order valence-corrected chi connectivity index (χ0v) is 12.7. The molecule has 0 atom stereocenters. The molecule has 3 nitrogen and oxygen atoms in total. The zero-order chi connectivity index (χ0) is 13.9. The topological polar surface area (TPSA) is 41.1 Å². The van der Waals surface area contributed by atoms with Crippen LogP contribution in [0.1, 0.15) is 24.1 Å². The van der Waals surface area contributed by atoms with Crippen molar-refractivity contribution >= 4 is 38.9 Å². The first-order valence-corrected chi connectivity index (χ1v) is 8.09. The summed E-state index contributed by atoms with van der Waals surface area (Å²) in [5, 5.41) is 8.22. The van der Waals surface area contributed by atoms with Gasteiger partial charge >= 0.3 is 0 Å². The molecule has 0 spiro atoms. The summed E-state index contributed by atoms with van der Waals surface area (Å²) in [5.41, 5.74) is 0. The van der Waals surface area contributed by atoms with Crippen molar-refractivity contribution in [3.05, 3.63) is 34.2 Å². The molecule has 1 heterocycles. The Kier molecular flexibility index (Phi) is 4.24. The number of nitrogens with one attached hydrogen (secondary N) is 2. The van der Waals surface area contributed by atoms with Crippen molar-refractivity contribution in [2.24, 2.45) is 0 Å². The van der Waals surface area contributed by atoms with Crippen LogP contribution in [-0.4, -0.2) is 18.5 Å². The molecule has 1 aliphatic rings. The van der Waals surface area contributed by atoms with Gasteiger partial charge in [0, 0.05) is 40.5 Å². The van der Waals surface area contributed by atoms with Gasteiger partial charge in [-0.1, -0.05) is 29.8 Å². The van der Waals surface area contributed by atoms with Gasteiger partial charge in [-0.15, -0.1) is 11.3 Å². The van der Waals surface area contributed by atoms with Crippen LogP contribution in [-0.2, 0) is 11.3 Å². The van der Waals surface area contributed by atoms with Gasteiger partial charge in [0.1, 0.15) is 0 Å². The molecule has 1 saturated carbocycles. The second-order valence-corrected chi connectivity index (χ2v) is 6.62. The third-order valence-corrected chi connectivity index (χ3v) is 5.07. The number of amides is 1. The molecule has 2 aromatic rings. The Balaban J connectivity index is 1.49. The van der Waals surface area contributed by atoms with Gasteiger partial charge in [0.15, 0.2) is 0 Å². The van der Waals surface area contributed by atoms with E-state index in [1.165, 1.54) is 4.70 Å². The van der Waals surface area contributed by atoms with Gasteiger partial charge in [0.2, 0.25) is 5.91 Å². The van der Waals surface area contributed by atoms with E-state index in [1.807, 2.05) is 18.2 Å². The third kappa shape index (κ3) is 3.32. The average molecular weight is 309 g/mol. The van der Waals surface area contributed by atoms with Crippen molar-refractivity contribution in [1.82, 2.24) is 10.6 Å². The van der Waals surface area contributed by atoms with Crippen LogP contribution < -0.4 is 10.6 Å². The maximum atomic E-state index is 11.5. The summed E-state index contributed by atoms with van der Waals surface area (Å²) in [4.78, 5) is 12.7. The monoisotopic (exact) mass is 308 g/mol. The highest BCUT2D eigenvalue weighted by atomic mass is 35.5. The zero-order valence-electron chi connectivity index (χ0n) is 11.1. The average Bonchev–Trinajstić information content (AvgIpc) is 3.20. The summed E-state index contributed by atoms with van der Waals surface area (Å²) in [6.07, 6.45) is 2.80.